The lowest BCUT2D eigenvalue weighted by atomic mass is 9.90. The summed E-state index contributed by atoms with van der Waals surface area (Å²) in [6, 6.07) is 10.4. The summed E-state index contributed by atoms with van der Waals surface area (Å²) in [7, 11) is 0. The zero-order valence-electron chi connectivity index (χ0n) is 14.9. The Bertz CT molecular complexity index is 935. The number of para-hydroxylation sites is 1. The van der Waals surface area contributed by atoms with Crippen molar-refractivity contribution in [2.75, 3.05) is 13.1 Å². The minimum Gasteiger partial charge on any atom is -0.338 e. The molecule has 0 bridgehead atoms. The maximum absolute atomic E-state index is 12.9. The molecule has 4 rings (SSSR count). The van der Waals surface area contributed by atoms with Crippen LogP contribution in [0.2, 0.25) is 0 Å². The summed E-state index contributed by atoms with van der Waals surface area (Å²) in [5.74, 6) is 0.495. The van der Waals surface area contributed by atoms with Gasteiger partial charge in [0.15, 0.2) is 0 Å². The molecule has 26 heavy (non-hydrogen) atoms. The van der Waals surface area contributed by atoms with Crippen molar-refractivity contribution < 1.29 is 4.79 Å². The first-order valence-corrected chi connectivity index (χ1v) is 9.11. The average Bonchev–Trinajstić information content (AvgIpc) is 2.68. The molecule has 0 aliphatic carbocycles. The number of carbonyl (C=O) groups is 1. The number of aryl methyl sites for hydroxylation is 1. The van der Waals surface area contributed by atoms with E-state index in [1.54, 1.807) is 6.20 Å². The number of amides is 1. The van der Waals surface area contributed by atoms with E-state index in [0.29, 0.717) is 11.5 Å². The fourth-order valence-electron chi connectivity index (χ4n) is 3.83. The molecule has 1 aliphatic heterocycles. The van der Waals surface area contributed by atoms with Gasteiger partial charge in [-0.15, -0.1) is 0 Å². The van der Waals surface area contributed by atoms with E-state index in [1.165, 1.54) is 17.3 Å². The zero-order chi connectivity index (χ0) is 17.9. The smallest absolute Gasteiger partial charge is 0.257 e. The van der Waals surface area contributed by atoms with Crippen molar-refractivity contribution in [3.63, 3.8) is 0 Å². The van der Waals surface area contributed by atoms with Crippen molar-refractivity contribution in [3.8, 4) is 0 Å². The molecule has 1 atom stereocenters. The highest BCUT2D eigenvalue weighted by atomic mass is 16.2. The van der Waals surface area contributed by atoms with Crippen LogP contribution in [-0.4, -0.2) is 38.8 Å². The van der Waals surface area contributed by atoms with Gasteiger partial charge in [0.2, 0.25) is 0 Å². The van der Waals surface area contributed by atoms with Gasteiger partial charge in [0.1, 0.15) is 6.33 Å². The van der Waals surface area contributed by atoms with E-state index in [9.17, 15) is 4.79 Å². The van der Waals surface area contributed by atoms with Crippen molar-refractivity contribution in [2.24, 2.45) is 5.92 Å². The maximum atomic E-state index is 12.9. The SMILES string of the molecule is Cc1ncncc1C(=O)N1CCC[C@@H](Cc2cccc3cccnc23)C1. The van der Waals surface area contributed by atoms with Crippen LogP contribution in [0.4, 0.5) is 0 Å². The third-order valence-corrected chi connectivity index (χ3v) is 5.17. The Morgan fingerprint density at radius 3 is 3.00 bits per heavy atom. The van der Waals surface area contributed by atoms with Crippen molar-refractivity contribution in [2.45, 2.75) is 26.2 Å². The van der Waals surface area contributed by atoms with Crippen LogP contribution in [-0.2, 0) is 6.42 Å². The number of nitrogens with zero attached hydrogens (tertiary/aromatic N) is 4. The number of rotatable bonds is 3. The highest BCUT2D eigenvalue weighted by molar-refractivity contribution is 5.95. The predicted molar refractivity (Wildman–Crippen MR) is 101 cm³/mol. The number of fused-ring (bicyclic) bond motifs is 1. The second-order valence-electron chi connectivity index (χ2n) is 6.98. The normalized spacial score (nSPS) is 17.4. The first-order chi connectivity index (χ1) is 12.7. The van der Waals surface area contributed by atoms with E-state index in [-0.39, 0.29) is 5.91 Å². The Morgan fingerprint density at radius 2 is 2.12 bits per heavy atom. The Kier molecular flexibility index (Phi) is 4.61. The van der Waals surface area contributed by atoms with E-state index < -0.39 is 0 Å². The molecule has 0 spiro atoms. The second-order valence-corrected chi connectivity index (χ2v) is 6.98. The summed E-state index contributed by atoms with van der Waals surface area (Å²) in [5.41, 5.74) is 3.69. The summed E-state index contributed by atoms with van der Waals surface area (Å²) in [6.45, 7) is 3.44. The van der Waals surface area contributed by atoms with Crippen LogP contribution in [0.25, 0.3) is 10.9 Å². The topological polar surface area (TPSA) is 59.0 Å². The summed E-state index contributed by atoms with van der Waals surface area (Å²) in [4.78, 5) is 27.5. The minimum absolute atomic E-state index is 0.0452. The molecule has 5 heteroatoms. The second kappa shape index (κ2) is 7.20. The molecule has 0 unspecified atom stereocenters. The van der Waals surface area contributed by atoms with Crippen molar-refractivity contribution in [3.05, 3.63) is 65.9 Å². The molecule has 1 fully saturated rings. The van der Waals surface area contributed by atoms with Crippen molar-refractivity contribution in [1.82, 2.24) is 19.9 Å². The number of hydrogen-bond acceptors (Lipinski definition) is 4. The lowest BCUT2D eigenvalue weighted by Crippen LogP contribution is -2.41. The number of likely N-dealkylation sites (tertiary alicyclic amines) is 1. The van der Waals surface area contributed by atoms with E-state index in [2.05, 4.69) is 39.2 Å². The molecule has 0 N–H and O–H groups in total. The molecule has 132 valence electrons. The Hall–Kier alpha value is -2.82. The fraction of sp³-hybridized carbons (Fsp3) is 0.333. The van der Waals surface area contributed by atoms with Crippen LogP contribution in [0.1, 0.15) is 34.5 Å². The Balaban J connectivity index is 1.52. The molecule has 2 aromatic heterocycles. The van der Waals surface area contributed by atoms with Gasteiger partial charge in [-0.2, -0.15) is 0 Å². The lowest BCUT2D eigenvalue weighted by molar-refractivity contribution is 0.0672. The highest BCUT2D eigenvalue weighted by Gasteiger charge is 2.26. The summed E-state index contributed by atoms with van der Waals surface area (Å²) in [5, 5.41) is 1.17. The van der Waals surface area contributed by atoms with Crippen molar-refractivity contribution in [1.29, 1.82) is 0 Å². The molecule has 3 heterocycles. The van der Waals surface area contributed by atoms with Gasteiger partial charge in [-0.3, -0.25) is 9.78 Å². The number of piperidine rings is 1. The van der Waals surface area contributed by atoms with Crippen LogP contribution in [0.5, 0.6) is 0 Å². The first-order valence-electron chi connectivity index (χ1n) is 9.11. The number of benzene rings is 1. The van der Waals surface area contributed by atoms with Crippen LogP contribution < -0.4 is 0 Å². The molecule has 0 radical (unpaired) electrons. The Morgan fingerprint density at radius 1 is 1.23 bits per heavy atom. The van der Waals surface area contributed by atoms with Crippen LogP contribution in [0.15, 0.2) is 49.1 Å². The van der Waals surface area contributed by atoms with Gasteiger partial charge in [-0.05, 0) is 43.7 Å². The standard InChI is InChI=1S/C21H22N4O/c1-15-19(12-22-14-24-15)21(26)25-10-4-5-16(13-25)11-18-7-2-6-17-8-3-9-23-20(17)18/h2-3,6-9,12,14,16H,4-5,10-11,13H2,1H3/t16-/m0/s1. The van der Waals surface area contributed by atoms with E-state index in [1.807, 2.05) is 24.1 Å². The molecular weight excluding hydrogens is 324 g/mol. The van der Waals surface area contributed by atoms with Gasteiger partial charge in [-0.1, -0.05) is 24.3 Å². The van der Waals surface area contributed by atoms with Gasteiger partial charge < -0.3 is 4.90 Å². The lowest BCUT2D eigenvalue weighted by Gasteiger charge is -2.33. The number of carbonyl (C=O) groups excluding carboxylic acids is 1. The van der Waals surface area contributed by atoms with E-state index >= 15 is 0 Å². The molecule has 1 aliphatic rings. The van der Waals surface area contributed by atoms with Gasteiger partial charge in [0.05, 0.1) is 16.8 Å². The summed E-state index contributed by atoms with van der Waals surface area (Å²) < 4.78 is 0. The molecule has 3 aromatic rings. The third-order valence-electron chi connectivity index (χ3n) is 5.17. The highest BCUT2D eigenvalue weighted by Crippen LogP contribution is 2.25. The molecule has 5 nitrogen and oxygen atoms in total. The van der Waals surface area contributed by atoms with Gasteiger partial charge >= 0.3 is 0 Å². The van der Waals surface area contributed by atoms with Gasteiger partial charge in [0, 0.05) is 30.9 Å². The van der Waals surface area contributed by atoms with Crippen LogP contribution >= 0.6 is 0 Å². The third kappa shape index (κ3) is 3.29. The zero-order valence-corrected chi connectivity index (χ0v) is 14.9. The summed E-state index contributed by atoms with van der Waals surface area (Å²) >= 11 is 0. The minimum atomic E-state index is 0.0452. The molecule has 1 aromatic carbocycles. The van der Waals surface area contributed by atoms with Gasteiger partial charge in [-0.25, -0.2) is 9.97 Å². The van der Waals surface area contributed by atoms with Crippen LogP contribution in [0, 0.1) is 12.8 Å². The summed E-state index contributed by atoms with van der Waals surface area (Å²) in [6.07, 6.45) is 8.07. The predicted octanol–water partition coefficient (Wildman–Crippen LogP) is 3.43. The number of aromatic nitrogens is 3. The van der Waals surface area contributed by atoms with E-state index in [0.717, 1.165) is 43.6 Å². The maximum Gasteiger partial charge on any atom is 0.257 e. The number of pyridine rings is 1. The monoisotopic (exact) mass is 346 g/mol. The fourth-order valence-corrected chi connectivity index (χ4v) is 3.83. The Labute approximate surface area is 153 Å². The molecule has 0 saturated carbocycles. The van der Waals surface area contributed by atoms with E-state index in [4.69, 9.17) is 0 Å². The molecule has 1 saturated heterocycles. The van der Waals surface area contributed by atoms with Crippen LogP contribution in [0.3, 0.4) is 0 Å². The largest absolute Gasteiger partial charge is 0.338 e. The van der Waals surface area contributed by atoms with Gasteiger partial charge in [0.25, 0.3) is 5.91 Å². The first kappa shape index (κ1) is 16.6. The molecule has 1 amide bonds. The quantitative estimate of drug-likeness (QED) is 0.729. The average molecular weight is 346 g/mol. The molecular formula is C21H22N4O. The van der Waals surface area contributed by atoms with Crippen molar-refractivity contribution >= 4 is 16.8 Å². The number of hydrogen-bond donors (Lipinski definition) is 0.